The summed E-state index contributed by atoms with van der Waals surface area (Å²) in [5.74, 6) is -0.534. The van der Waals surface area contributed by atoms with Gasteiger partial charge in [0.15, 0.2) is 9.79 Å². The number of carboxylic acid groups (broad SMARTS) is 1. The second kappa shape index (κ2) is 32.2. The molecule has 0 unspecified atom stereocenters. The lowest BCUT2D eigenvalue weighted by Crippen LogP contribution is -2.55. The molecule has 0 aliphatic carbocycles. The van der Waals surface area contributed by atoms with Crippen LogP contribution in [-0.4, -0.2) is 180 Å². The SMILES string of the molecule is CCOc1ccc(C(=O)N2CCN(c3ccc(-c4ccccc4OCC)nc3CN(CCN(CCCOCCOCCOCCOCCNC(=O)O)S(=O)(=O)c3ccccc3[N+](=O)[O-])S(=O)(=O)c3ccccc3[N+](=O)[O-])[C@H](CC)C2)c(C(F)(F)F)c1. The fourth-order valence-corrected chi connectivity index (χ4v) is 12.5. The highest BCUT2D eigenvalue weighted by Gasteiger charge is 2.40. The lowest BCUT2D eigenvalue weighted by atomic mass is 10.0. The Labute approximate surface area is 495 Å². The summed E-state index contributed by atoms with van der Waals surface area (Å²) in [6, 6.07) is 21.9. The summed E-state index contributed by atoms with van der Waals surface area (Å²) in [7, 11) is -9.88. The Kier molecular flexibility index (Phi) is 25.3. The minimum Gasteiger partial charge on any atom is -0.494 e. The number of nitrogens with one attached hydrogen (secondary N) is 1. The van der Waals surface area contributed by atoms with E-state index in [0.29, 0.717) is 29.1 Å². The van der Waals surface area contributed by atoms with Crippen LogP contribution in [0.25, 0.3) is 11.3 Å². The maximum absolute atomic E-state index is 15.3. The quantitative estimate of drug-likeness (QED) is 0.0223. The molecule has 1 aromatic heterocycles. The van der Waals surface area contributed by atoms with Crippen molar-refractivity contribution in [1.29, 1.82) is 0 Å². The van der Waals surface area contributed by atoms with Gasteiger partial charge in [-0.2, -0.15) is 21.8 Å². The monoisotopic (exact) mass is 1250 g/mol. The molecule has 0 radical (unpaired) electrons. The molecular weight excluding hydrogens is 1180 g/mol. The zero-order valence-corrected chi connectivity index (χ0v) is 49.2. The van der Waals surface area contributed by atoms with E-state index in [1.54, 1.807) is 57.2 Å². The zero-order chi connectivity index (χ0) is 62.4. The summed E-state index contributed by atoms with van der Waals surface area (Å²) < 4.78 is 138. The first-order valence-electron chi connectivity index (χ1n) is 27.5. The molecule has 30 heteroatoms. The molecular formula is C56H69F3N8O17S2. The van der Waals surface area contributed by atoms with Crippen LogP contribution >= 0.6 is 0 Å². The second-order valence-corrected chi connectivity index (χ2v) is 22.8. The van der Waals surface area contributed by atoms with Crippen molar-refractivity contribution in [1.82, 2.24) is 23.8 Å². The van der Waals surface area contributed by atoms with Crippen LogP contribution in [-0.2, 0) is 51.7 Å². The number of anilines is 1. The van der Waals surface area contributed by atoms with E-state index in [1.165, 1.54) is 35.2 Å². The Bertz CT molecular complexity index is 3330. The summed E-state index contributed by atoms with van der Waals surface area (Å²) in [5.41, 5.74) is -2.18. The Morgan fingerprint density at radius 1 is 0.709 bits per heavy atom. The molecule has 1 atom stereocenters. The van der Waals surface area contributed by atoms with E-state index in [9.17, 15) is 51.4 Å². The number of nitro groups is 2. The number of nitro benzene ring substituents is 2. The van der Waals surface area contributed by atoms with Gasteiger partial charge >= 0.3 is 12.3 Å². The number of piperazine rings is 1. The number of sulfonamides is 2. The van der Waals surface area contributed by atoms with E-state index in [1.807, 2.05) is 4.90 Å². The molecule has 86 heavy (non-hydrogen) atoms. The number of rotatable bonds is 35. The molecule has 0 saturated carbocycles. The third-order valence-corrected chi connectivity index (χ3v) is 17.3. The normalized spacial score (nSPS) is 13.9. The molecule has 5 aromatic rings. The fourth-order valence-electron chi connectivity index (χ4n) is 9.35. The molecule has 1 aliphatic rings. The van der Waals surface area contributed by atoms with Crippen LogP contribution in [0.1, 0.15) is 55.2 Å². The molecule has 2 amide bonds. The van der Waals surface area contributed by atoms with Crippen molar-refractivity contribution >= 4 is 49.1 Å². The van der Waals surface area contributed by atoms with E-state index < -0.39 is 106 Å². The first-order chi connectivity index (χ1) is 41.1. The molecule has 2 heterocycles. The van der Waals surface area contributed by atoms with Crippen molar-refractivity contribution in [2.45, 2.75) is 62.2 Å². The van der Waals surface area contributed by atoms with Crippen LogP contribution in [0.3, 0.4) is 0 Å². The number of halogens is 3. The lowest BCUT2D eigenvalue weighted by Gasteiger charge is -2.43. The molecule has 25 nitrogen and oxygen atoms in total. The van der Waals surface area contributed by atoms with Crippen molar-refractivity contribution < 1.29 is 83.0 Å². The van der Waals surface area contributed by atoms with E-state index in [2.05, 4.69) is 5.32 Å². The lowest BCUT2D eigenvalue weighted by molar-refractivity contribution is -0.388. The number of carbonyl (C=O) groups is 2. The van der Waals surface area contributed by atoms with Gasteiger partial charge in [0, 0.05) is 76.2 Å². The van der Waals surface area contributed by atoms with Gasteiger partial charge in [-0.05, 0) is 81.3 Å². The highest BCUT2D eigenvalue weighted by molar-refractivity contribution is 7.89. The number of benzene rings is 4. The molecule has 2 N–H and O–H groups in total. The van der Waals surface area contributed by atoms with Gasteiger partial charge in [-0.15, -0.1) is 0 Å². The number of amides is 2. The average Bonchev–Trinajstić information content (AvgIpc) is 0.915. The van der Waals surface area contributed by atoms with Crippen molar-refractivity contribution in [3.05, 3.63) is 140 Å². The number of hydrogen-bond donors (Lipinski definition) is 2. The molecule has 468 valence electrons. The first kappa shape index (κ1) is 67.5. The van der Waals surface area contributed by atoms with Crippen molar-refractivity contribution in [3.63, 3.8) is 0 Å². The number of para-hydroxylation sites is 3. The van der Waals surface area contributed by atoms with E-state index >= 15 is 8.42 Å². The van der Waals surface area contributed by atoms with Gasteiger partial charge in [0.05, 0.1) is 104 Å². The maximum Gasteiger partial charge on any atom is 0.417 e. The molecule has 1 fully saturated rings. The largest absolute Gasteiger partial charge is 0.494 e. The van der Waals surface area contributed by atoms with Crippen LogP contribution < -0.4 is 19.7 Å². The molecule has 1 aliphatic heterocycles. The zero-order valence-electron chi connectivity index (χ0n) is 47.6. The van der Waals surface area contributed by atoms with Crippen LogP contribution in [0.15, 0.2) is 113 Å². The van der Waals surface area contributed by atoms with Gasteiger partial charge in [-0.25, -0.2) is 26.6 Å². The summed E-state index contributed by atoms with van der Waals surface area (Å²) >= 11 is 0. The molecule has 0 bridgehead atoms. The van der Waals surface area contributed by atoms with Crippen LogP contribution in [0.2, 0.25) is 0 Å². The van der Waals surface area contributed by atoms with Gasteiger partial charge in [-0.3, -0.25) is 25.0 Å². The Hall–Kier alpha value is -7.58. The van der Waals surface area contributed by atoms with Gasteiger partial charge in [0.25, 0.3) is 17.3 Å². The van der Waals surface area contributed by atoms with Crippen LogP contribution in [0.5, 0.6) is 11.5 Å². The Balaban J connectivity index is 1.33. The van der Waals surface area contributed by atoms with Crippen molar-refractivity contribution in [2.75, 3.05) is 117 Å². The predicted molar refractivity (Wildman–Crippen MR) is 307 cm³/mol. The number of aromatic nitrogens is 1. The number of ether oxygens (including phenoxy) is 6. The second-order valence-electron chi connectivity index (χ2n) is 19.0. The van der Waals surface area contributed by atoms with Crippen molar-refractivity contribution in [3.8, 4) is 22.8 Å². The van der Waals surface area contributed by atoms with E-state index in [-0.39, 0.29) is 117 Å². The third-order valence-electron chi connectivity index (χ3n) is 13.4. The number of carbonyl (C=O) groups excluding carboxylic acids is 1. The summed E-state index contributed by atoms with van der Waals surface area (Å²) in [5, 5.41) is 35.6. The topological polar surface area (TPSA) is 302 Å². The fraction of sp³-hybridized carbons (Fsp3) is 0.446. The summed E-state index contributed by atoms with van der Waals surface area (Å²) in [6.07, 6.45) is -5.77. The number of nitrogens with zero attached hydrogens (tertiary/aromatic N) is 7. The number of alkyl halides is 3. The highest BCUT2D eigenvalue weighted by atomic mass is 32.2. The molecule has 4 aromatic carbocycles. The standard InChI is InChI=1S/C56H69F3N8O17S2/c1-4-41-39-62(54(68)43-21-20-42(83-5-2)38-45(43)56(57,58)59)26-29-65(41)48-23-22-46(44-14-7-10-17-51(44)84-6-3)61-47(48)40-64(86(77,78)53-19-12-9-16-50(53)67(73)74)28-27-63(85(75,76)52-18-11-8-15-49(52)66(71)72)25-13-30-79-32-34-81-36-37-82-35-33-80-31-24-60-55(69)70/h7-12,14-23,38,41,60H,4-6,13,24-37,39-40H2,1-3H3,(H,69,70)/t41-/m1/s1. The average molecular weight is 1250 g/mol. The van der Waals surface area contributed by atoms with Gasteiger partial charge in [0.2, 0.25) is 20.0 Å². The third kappa shape index (κ3) is 18.2. The molecule has 1 saturated heterocycles. The maximum atomic E-state index is 15.3. The Morgan fingerprint density at radius 3 is 1.85 bits per heavy atom. The minimum absolute atomic E-state index is 0.00171. The summed E-state index contributed by atoms with van der Waals surface area (Å²) in [4.78, 5) is 54.5. The minimum atomic E-state index is -5.04. The van der Waals surface area contributed by atoms with Gasteiger partial charge in [-0.1, -0.05) is 43.3 Å². The van der Waals surface area contributed by atoms with E-state index in [4.69, 9.17) is 38.5 Å². The van der Waals surface area contributed by atoms with Crippen LogP contribution in [0, 0.1) is 20.2 Å². The molecule has 6 rings (SSSR count). The smallest absolute Gasteiger partial charge is 0.417 e. The van der Waals surface area contributed by atoms with Gasteiger partial charge in [0.1, 0.15) is 11.5 Å². The first-order valence-corrected chi connectivity index (χ1v) is 30.4. The number of pyridine rings is 1. The Morgan fingerprint density at radius 2 is 1.27 bits per heavy atom. The van der Waals surface area contributed by atoms with Crippen LogP contribution in [0.4, 0.5) is 35.0 Å². The molecule has 0 spiro atoms. The summed E-state index contributed by atoms with van der Waals surface area (Å²) in [6.45, 7) is 4.19. The predicted octanol–water partition coefficient (Wildman–Crippen LogP) is 7.73. The van der Waals surface area contributed by atoms with Crippen molar-refractivity contribution in [2.24, 2.45) is 0 Å². The van der Waals surface area contributed by atoms with Gasteiger partial charge < -0.3 is 48.6 Å². The number of hydrogen-bond acceptors (Lipinski definition) is 18. The highest BCUT2D eigenvalue weighted by Crippen LogP contribution is 2.38. The van der Waals surface area contributed by atoms with E-state index in [0.717, 1.165) is 45.0 Å².